The number of rotatable bonds is 9. The lowest BCUT2D eigenvalue weighted by molar-refractivity contribution is -0.121. The molecule has 5 heteroatoms. The maximum atomic E-state index is 12.1. The first-order valence-corrected chi connectivity index (χ1v) is 11.4. The quantitative estimate of drug-likeness (QED) is 0.570. The molecule has 0 saturated heterocycles. The molecule has 2 aromatic rings. The fourth-order valence-electron chi connectivity index (χ4n) is 3.82. The molecule has 0 unspecified atom stereocenters. The van der Waals surface area contributed by atoms with E-state index in [0.29, 0.717) is 25.6 Å². The molecule has 0 bridgehead atoms. The summed E-state index contributed by atoms with van der Waals surface area (Å²) >= 11 is 5.90. The second kappa shape index (κ2) is 11.4. The fraction of sp³-hybridized carbons (Fsp3) is 0.480. The van der Waals surface area contributed by atoms with E-state index < -0.39 is 0 Å². The predicted octanol–water partition coefficient (Wildman–Crippen LogP) is 5.01. The molecule has 0 radical (unpaired) electrons. The van der Waals surface area contributed by atoms with Crippen LogP contribution in [0.4, 0.5) is 0 Å². The monoisotopic (exact) mass is 428 g/mol. The van der Waals surface area contributed by atoms with Gasteiger partial charge < -0.3 is 10.1 Å². The van der Waals surface area contributed by atoms with Gasteiger partial charge in [-0.15, -0.1) is 0 Å². The zero-order valence-corrected chi connectivity index (χ0v) is 18.9. The van der Waals surface area contributed by atoms with Gasteiger partial charge in [-0.25, -0.2) is 0 Å². The minimum absolute atomic E-state index is 0.0341. The van der Waals surface area contributed by atoms with E-state index in [1.54, 1.807) is 0 Å². The summed E-state index contributed by atoms with van der Waals surface area (Å²) in [6, 6.07) is 14.8. The zero-order chi connectivity index (χ0) is 21.3. The summed E-state index contributed by atoms with van der Waals surface area (Å²) in [4.78, 5) is 14.6. The smallest absolute Gasteiger partial charge is 0.223 e. The van der Waals surface area contributed by atoms with Crippen LogP contribution in [0, 0.1) is 0 Å². The Balaban J connectivity index is 1.37. The maximum Gasteiger partial charge on any atom is 0.223 e. The van der Waals surface area contributed by atoms with E-state index in [9.17, 15) is 4.79 Å². The number of ether oxygens (including phenoxy) is 1. The zero-order valence-electron chi connectivity index (χ0n) is 18.1. The summed E-state index contributed by atoms with van der Waals surface area (Å²) < 4.78 is 5.87. The van der Waals surface area contributed by atoms with Gasteiger partial charge in [-0.3, -0.25) is 9.69 Å². The number of hydrogen-bond acceptors (Lipinski definition) is 3. The van der Waals surface area contributed by atoms with E-state index in [4.69, 9.17) is 16.3 Å². The third-order valence-electron chi connectivity index (χ3n) is 5.65. The first-order valence-electron chi connectivity index (χ1n) is 11.0. The topological polar surface area (TPSA) is 41.6 Å². The number of amides is 1. The molecule has 0 saturated carbocycles. The van der Waals surface area contributed by atoms with Crippen LogP contribution in [0.15, 0.2) is 42.5 Å². The lowest BCUT2D eigenvalue weighted by atomic mass is 10.0. The highest BCUT2D eigenvalue weighted by molar-refractivity contribution is 6.30. The number of fused-ring (bicyclic) bond motifs is 1. The highest BCUT2D eigenvalue weighted by Crippen LogP contribution is 2.24. The molecule has 0 atom stereocenters. The van der Waals surface area contributed by atoms with E-state index in [1.807, 2.05) is 30.3 Å². The normalized spacial score (nSPS) is 14.3. The molecule has 1 amide bonds. The summed E-state index contributed by atoms with van der Waals surface area (Å²) in [5, 5.41) is 3.72. The van der Waals surface area contributed by atoms with Gasteiger partial charge in [0.15, 0.2) is 0 Å². The minimum Gasteiger partial charge on any atom is -0.493 e. The molecular weight excluding hydrogens is 396 g/mol. The summed E-state index contributed by atoms with van der Waals surface area (Å²) in [5.41, 5.74) is 4.01. The summed E-state index contributed by atoms with van der Waals surface area (Å²) in [7, 11) is 0. The molecule has 1 aliphatic rings. The maximum absolute atomic E-state index is 12.1. The molecule has 0 aliphatic carbocycles. The van der Waals surface area contributed by atoms with Crippen molar-refractivity contribution >= 4 is 17.5 Å². The van der Waals surface area contributed by atoms with Crippen molar-refractivity contribution in [3.05, 3.63) is 64.2 Å². The van der Waals surface area contributed by atoms with Crippen LogP contribution in [0.25, 0.3) is 0 Å². The number of benzene rings is 2. The third kappa shape index (κ3) is 7.03. The molecule has 0 aromatic heterocycles. The van der Waals surface area contributed by atoms with Gasteiger partial charge >= 0.3 is 0 Å². The Morgan fingerprint density at radius 1 is 1.17 bits per heavy atom. The average Bonchev–Trinajstić information content (AvgIpc) is 2.95. The Kier molecular flexibility index (Phi) is 8.59. The van der Waals surface area contributed by atoms with Crippen molar-refractivity contribution in [2.75, 3.05) is 19.7 Å². The van der Waals surface area contributed by atoms with Crippen molar-refractivity contribution in [1.29, 1.82) is 0 Å². The third-order valence-corrected chi connectivity index (χ3v) is 5.90. The van der Waals surface area contributed by atoms with E-state index >= 15 is 0 Å². The van der Waals surface area contributed by atoms with E-state index in [1.165, 1.54) is 23.1 Å². The van der Waals surface area contributed by atoms with Gasteiger partial charge in [0.25, 0.3) is 0 Å². The number of carbonyl (C=O) groups is 1. The summed E-state index contributed by atoms with van der Waals surface area (Å²) in [6.07, 6.45) is 4.53. The standard InChI is InChI=1S/C25H33ClN2O2/c1-19(2)28-15-4-6-21-9-12-24(17-22(21)18-28)30-16-13-25(29)27-14-3-5-20-7-10-23(26)11-8-20/h7-12,17,19H,3-6,13-16,18H2,1-2H3,(H,27,29). The minimum atomic E-state index is 0.0341. The lowest BCUT2D eigenvalue weighted by Crippen LogP contribution is -2.30. The first-order chi connectivity index (χ1) is 14.5. The SMILES string of the molecule is CC(C)N1CCCc2ccc(OCCC(=O)NCCCc3ccc(Cl)cc3)cc2C1. The van der Waals surface area contributed by atoms with Crippen molar-refractivity contribution in [3.8, 4) is 5.75 Å². The number of halogens is 1. The molecule has 4 nitrogen and oxygen atoms in total. The highest BCUT2D eigenvalue weighted by Gasteiger charge is 2.17. The van der Waals surface area contributed by atoms with Gasteiger partial charge in [-0.05, 0) is 87.0 Å². The Hall–Kier alpha value is -2.04. The van der Waals surface area contributed by atoms with Gasteiger partial charge in [-0.1, -0.05) is 29.8 Å². The van der Waals surface area contributed by atoms with Gasteiger partial charge in [0.2, 0.25) is 5.91 Å². The summed E-state index contributed by atoms with van der Waals surface area (Å²) in [6.45, 7) is 7.68. The van der Waals surface area contributed by atoms with Crippen molar-refractivity contribution in [2.24, 2.45) is 0 Å². The van der Waals surface area contributed by atoms with Crippen LogP contribution in [0.3, 0.4) is 0 Å². The van der Waals surface area contributed by atoms with Crippen LogP contribution in [0.2, 0.25) is 5.02 Å². The molecule has 3 rings (SSSR count). The van der Waals surface area contributed by atoms with Crippen LogP contribution in [0.1, 0.15) is 49.8 Å². The molecule has 2 aromatic carbocycles. The highest BCUT2D eigenvalue weighted by atomic mass is 35.5. The van der Waals surface area contributed by atoms with Crippen molar-refractivity contribution in [3.63, 3.8) is 0 Å². The van der Waals surface area contributed by atoms with Gasteiger partial charge in [0, 0.05) is 24.2 Å². The van der Waals surface area contributed by atoms with Gasteiger partial charge in [-0.2, -0.15) is 0 Å². The molecule has 1 aliphatic heterocycles. The number of nitrogens with one attached hydrogen (secondary N) is 1. The fourth-order valence-corrected chi connectivity index (χ4v) is 3.94. The van der Waals surface area contributed by atoms with Crippen LogP contribution < -0.4 is 10.1 Å². The molecule has 162 valence electrons. The van der Waals surface area contributed by atoms with Crippen LogP contribution >= 0.6 is 11.6 Å². The molecule has 30 heavy (non-hydrogen) atoms. The molecule has 0 fully saturated rings. The largest absolute Gasteiger partial charge is 0.493 e. The Morgan fingerprint density at radius 3 is 2.73 bits per heavy atom. The van der Waals surface area contributed by atoms with Crippen molar-refractivity contribution in [1.82, 2.24) is 10.2 Å². The van der Waals surface area contributed by atoms with E-state index in [2.05, 4.69) is 36.2 Å². The Bertz CT molecular complexity index is 820. The van der Waals surface area contributed by atoms with Crippen LogP contribution in [-0.2, 0) is 24.2 Å². The van der Waals surface area contributed by atoms with E-state index in [0.717, 1.165) is 43.1 Å². The van der Waals surface area contributed by atoms with Crippen LogP contribution in [-0.4, -0.2) is 36.5 Å². The summed E-state index contributed by atoms with van der Waals surface area (Å²) in [5.74, 6) is 0.891. The van der Waals surface area contributed by atoms with Gasteiger partial charge in [0.1, 0.15) is 5.75 Å². The van der Waals surface area contributed by atoms with Crippen molar-refractivity contribution < 1.29 is 9.53 Å². The second-order valence-electron chi connectivity index (χ2n) is 8.28. The Morgan fingerprint density at radius 2 is 1.97 bits per heavy atom. The second-order valence-corrected chi connectivity index (χ2v) is 8.71. The molecule has 1 N–H and O–H groups in total. The van der Waals surface area contributed by atoms with Crippen molar-refractivity contribution in [2.45, 2.75) is 58.5 Å². The predicted molar refractivity (Wildman–Crippen MR) is 123 cm³/mol. The number of nitrogens with zero attached hydrogens (tertiary/aromatic N) is 1. The average molecular weight is 429 g/mol. The Labute approximate surface area is 185 Å². The number of hydrogen-bond donors (Lipinski definition) is 1. The van der Waals surface area contributed by atoms with E-state index in [-0.39, 0.29) is 5.91 Å². The van der Waals surface area contributed by atoms with Gasteiger partial charge in [0.05, 0.1) is 13.0 Å². The molecule has 0 spiro atoms. The molecule has 1 heterocycles. The first kappa shape index (κ1) is 22.6. The number of carbonyl (C=O) groups excluding carboxylic acids is 1. The number of aryl methyl sites for hydroxylation is 2. The lowest BCUT2D eigenvalue weighted by Gasteiger charge is -2.24. The van der Waals surface area contributed by atoms with Crippen LogP contribution in [0.5, 0.6) is 5.75 Å². The molecular formula is C25H33ClN2O2.